The topological polar surface area (TPSA) is 59.6 Å². The Morgan fingerprint density at radius 2 is 2.09 bits per heavy atom. The van der Waals surface area contributed by atoms with E-state index in [4.69, 9.17) is 21.1 Å². The lowest BCUT2D eigenvalue weighted by atomic mass is 10.0. The van der Waals surface area contributed by atoms with Crippen LogP contribution >= 0.6 is 11.6 Å². The molecule has 0 spiro atoms. The maximum Gasteiger partial charge on any atom is 0.319 e. The highest BCUT2D eigenvalue weighted by Gasteiger charge is 2.42. The second kappa shape index (κ2) is 7.81. The van der Waals surface area contributed by atoms with E-state index >= 15 is 0 Å². The van der Waals surface area contributed by atoms with Crippen molar-refractivity contribution in [3.8, 4) is 0 Å². The molecule has 2 N–H and O–H groups in total. The maximum absolute atomic E-state index is 12.1. The van der Waals surface area contributed by atoms with E-state index in [9.17, 15) is 4.79 Å². The predicted octanol–water partition coefficient (Wildman–Crippen LogP) is 3.42. The molecule has 1 aliphatic rings. The zero-order valence-corrected chi connectivity index (χ0v) is 13.8. The Morgan fingerprint density at radius 1 is 1.32 bits per heavy atom. The summed E-state index contributed by atoms with van der Waals surface area (Å²) in [5, 5.41) is 6.37. The molecule has 0 bridgehead atoms. The highest BCUT2D eigenvalue weighted by molar-refractivity contribution is 6.31. The summed E-state index contributed by atoms with van der Waals surface area (Å²) in [5.41, 5.74) is 1.67. The van der Waals surface area contributed by atoms with Gasteiger partial charge in [0.1, 0.15) is 0 Å². The normalized spacial score (nSPS) is 15.4. The molecule has 0 unspecified atom stereocenters. The van der Waals surface area contributed by atoms with Crippen molar-refractivity contribution in [3.63, 3.8) is 0 Å². The average Bonchev–Trinajstić information content (AvgIpc) is 3.27. The fourth-order valence-electron chi connectivity index (χ4n) is 2.41. The number of methoxy groups -OCH3 is 2. The van der Waals surface area contributed by atoms with Crippen LogP contribution in [0.25, 0.3) is 0 Å². The maximum atomic E-state index is 12.1. The van der Waals surface area contributed by atoms with Gasteiger partial charge in [0, 0.05) is 43.6 Å². The van der Waals surface area contributed by atoms with Gasteiger partial charge in [-0.25, -0.2) is 4.79 Å². The monoisotopic (exact) mass is 326 g/mol. The Balaban J connectivity index is 1.88. The highest BCUT2D eigenvalue weighted by atomic mass is 35.5. The summed E-state index contributed by atoms with van der Waals surface area (Å²) in [5.74, 6) is 0. The lowest BCUT2D eigenvalue weighted by molar-refractivity contribution is 0.171. The first-order chi connectivity index (χ1) is 10.6. The standard InChI is InChI=1S/C16H23ClN2O3/c1-21-9-8-16(6-7-16)11-18-15(20)19-14-5-3-4-13(17)12(14)10-22-2/h3-5H,6-11H2,1-2H3,(H2,18,19,20). The van der Waals surface area contributed by atoms with Crippen LogP contribution in [0.5, 0.6) is 0 Å². The van der Waals surface area contributed by atoms with Crippen LogP contribution in [-0.4, -0.2) is 33.4 Å². The van der Waals surface area contributed by atoms with Crippen molar-refractivity contribution in [1.82, 2.24) is 5.32 Å². The van der Waals surface area contributed by atoms with E-state index in [-0.39, 0.29) is 11.4 Å². The van der Waals surface area contributed by atoms with Crippen LogP contribution in [0.3, 0.4) is 0 Å². The second-order valence-corrected chi connectivity index (χ2v) is 6.16. The number of halogens is 1. The molecule has 1 aliphatic carbocycles. The molecule has 2 rings (SSSR count). The zero-order valence-electron chi connectivity index (χ0n) is 13.1. The number of carbonyl (C=O) groups is 1. The Hall–Kier alpha value is -1.30. The molecule has 22 heavy (non-hydrogen) atoms. The molecule has 1 fully saturated rings. The summed E-state index contributed by atoms with van der Waals surface area (Å²) in [4.78, 5) is 12.1. The lowest BCUT2D eigenvalue weighted by Gasteiger charge is -2.17. The van der Waals surface area contributed by atoms with Gasteiger partial charge in [-0.05, 0) is 36.8 Å². The van der Waals surface area contributed by atoms with Gasteiger partial charge in [0.15, 0.2) is 0 Å². The molecular formula is C16H23ClN2O3. The number of nitrogens with one attached hydrogen (secondary N) is 2. The van der Waals surface area contributed by atoms with Crippen LogP contribution in [0.15, 0.2) is 18.2 Å². The molecule has 0 saturated heterocycles. The molecule has 0 heterocycles. The second-order valence-electron chi connectivity index (χ2n) is 5.75. The summed E-state index contributed by atoms with van der Waals surface area (Å²) < 4.78 is 10.2. The fraction of sp³-hybridized carbons (Fsp3) is 0.562. The minimum Gasteiger partial charge on any atom is -0.385 e. The summed E-state index contributed by atoms with van der Waals surface area (Å²) in [6.07, 6.45) is 3.27. The number of anilines is 1. The fourth-order valence-corrected chi connectivity index (χ4v) is 2.64. The number of amides is 2. The molecule has 1 aromatic rings. The SMILES string of the molecule is COCCC1(CNC(=O)Nc2cccc(Cl)c2COC)CC1. The largest absolute Gasteiger partial charge is 0.385 e. The summed E-state index contributed by atoms with van der Waals surface area (Å²) >= 11 is 6.14. The number of urea groups is 1. The first-order valence-corrected chi connectivity index (χ1v) is 7.78. The van der Waals surface area contributed by atoms with Gasteiger partial charge in [-0.3, -0.25) is 0 Å². The van der Waals surface area contributed by atoms with E-state index in [1.54, 1.807) is 26.4 Å². The van der Waals surface area contributed by atoms with Gasteiger partial charge >= 0.3 is 6.03 Å². The molecule has 1 aromatic carbocycles. The number of rotatable bonds is 8. The zero-order chi connectivity index (χ0) is 16.0. The third-order valence-corrected chi connectivity index (χ3v) is 4.43. The summed E-state index contributed by atoms with van der Waals surface area (Å²) in [7, 11) is 3.30. The Bertz CT molecular complexity index is 518. The third-order valence-electron chi connectivity index (χ3n) is 4.07. The van der Waals surface area contributed by atoms with E-state index in [2.05, 4.69) is 10.6 Å². The van der Waals surface area contributed by atoms with Gasteiger partial charge in [-0.1, -0.05) is 17.7 Å². The molecule has 1 saturated carbocycles. The predicted molar refractivity (Wildman–Crippen MR) is 87.3 cm³/mol. The van der Waals surface area contributed by atoms with Crippen LogP contribution in [0.1, 0.15) is 24.8 Å². The molecule has 0 aromatic heterocycles. The molecule has 5 nitrogen and oxygen atoms in total. The van der Waals surface area contributed by atoms with E-state index < -0.39 is 0 Å². The molecule has 0 radical (unpaired) electrons. The molecule has 0 aliphatic heterocycles. The molecule has 0 atom stereocenters. The van der Waals surface area contributed by atoms with Crippen molar-refractivity contribution in [2.24, 2.45) is 5.41 Å². The summed E-state index contributed by atoms with van der Waals surface area (Å²) in [6, 6.07) is 5.18. The van der Waals surface area contributed by atoms with Crippen molar-refractivity contribution < 1.29 is 14.3 Å². The Labute approximate surface area is 136 Å². The molecule has 122 valence electrons. The minimum atomic E-state index is -0.219. The number of ether oxygens (including phenoxy) is 2. The quantitative estimate of drug-likeness (QED) is 0.769. The van der Waals surface area contributed by atoms with Gasteiger partial charge < -0.3 is 20.1 Å². The molecule has 6 heteroatoms. The van der Waals surface area contributed by atoms with Crippen molar-refractivity contribution in [3.05, 3.63) is 28.8 Å². The number of hydrogen-bond acceptors (Lipinski definition) is 3. The Morgan fingerprint density at radius 3 is 2.73 bits per heavy atom. The summed E-state index contributed by atoms with van der Waals surface area (Å²) in [6.45, 7) is 1.75. The third kappa shape index (κ3) is 4.60. The van der Waals surface area contributed by atoms with Crippen LogP contribution in [0, 0.1) is 5.41 Å². The first kappa shape index (κ1) is 17.1. The van der Waals surface area contributed by atoms with Crippen molar-refractivity contribution >= 4 is 23.3 Å². The van der Waals surface area contributed by atoms with Gasteiger partial charge in [0.25, 0.3) is 0 Å². The lowest BCUT2D eigenvalue weighted by Crippen LogP contribution is -2.34. The van der Waals surface area contributed by atoms with Crippen LogP contribution in [0.2, 0.25) is 5.02 Å². The average molecular weight is 327 g/mol. The minimum absolute atomic E-state index is 0.219. The number of carbonyl (C=O) groups excluding carboxylic acids is 1. The smallest absolute Gasteiger partial charge is 0.319 e. The van der Waals surface area contributed by atoms with Gasteiger partial charge in [0.2, 0.25) is 0 Å². The van der Waals surface area contributed by atoms with Crippen molar-refractivity contribution in [2.75, 3.05) is 32.7 Å². The molecule has 2 amide bonds. The van der Waals surface area contributed by atoms with E-state index in [0.29, 0.717) is 23.9 Å². The van der Waals surface area contributed by atoms with Crippen LogP contribution in [-0.2, 0) is 16.1 Å². The van der Waals surface area contributed by atoms with E-state index in [1.165, 1.54) is 0 Å². The van der Waals surface area contributed by atoms with Crippen molar-refractivity contribution in [1.29, 1.82) is 0 Å². The number of benzene rings is 1. The van der Waals surface area contributed by atoms with Crippen LogP contribution in [0.4, 0.5) is 10.5 Å². The Kier molecular flexibility index (Phi) is 6.06. The van der Waals surface area contributed by atoms with E-state index in [0.717, 1.165) is 31.4 Å². The highest BCUT2D eigenvalue weighted by Crippen LogP contribution is 2.48. The molecular weight excluding hydrogens is 304 g/mol. The van der Waals surface area contributed by atoms with Crippen LogP contribution < -0.4 is 10.6 Å². The first-order valence-electron chi connectivity index (χ1n) is 7.40. The van der Waals surface area contributed by atoms with Gasteiger partial charge in [-0.2, -0.15) is 0 Å². The van der Waals surface area contributed by atoms with Gasteiger partial charge in [0.05, 0.1) is 6.61 Å². The van der Waals surface area contributed by atoms with Crippen molar-refractivity contribution in [2.45, 2.75) is 25.9 Å². The van der Waals surface area contributed by atoms with E-state index in [1.807, 2.05) is 6.07 Å². The number of hydrogen-bond donors (Lipinski definition) is 2. The van der Waals surface area contributed by atoms with Gasteiger partial charge in [-0.15, -0.1) is 0 Å².